The molecule has 0 fully saturated rings. The summed E-state index contributed by atoms with van der Waals surface area (Å²) in [5, 5.41) is 15.6. The van der Waals surface area contributed by atoms with Gasteiger partial charge in [-0.05, 0) is 37.1 Å². The standard InChI is InChI=1S/C21H20ClF3N4O2/c1-13-5-2-8-16(22)19(13)28-18-12-17(27-20(29-18)26-9-4-10-30)14-6-3-7-15(11-14)31-21(23,24)25/h2-3,5-8,11-12,30H,4,9-10H2,1H3,(H2,26,27,28,29). The average molecular weight is 453 g/mol. The fourth-order valence-corrected chi connectivity index (χ4v) is 3.06. The van der Waals surface area contributed by atoms with Crippen LogP contribution >= 0.6 is 11.6 Å². The zero-order valence-corrected chi connectivity index (χ0v) is 17.3. The van der Waals surface area contributed by atoms with E-state index in [-0.39, 0.29) is 18.3 Å². The molecule has 3 N–H and O–H groups in total. The summed E-state index contributed by atoms with van der Waals surface area (Å²) >= 11 is 6.29. The van der Waals surface area contributed by atoms with Crippen molar-refractivity contribution in [3.8, 4) is 17.0 Å². The first-order chi connectivity index (χ1) is 14.7. The van der Waals surface area contributed by atoms with Crippen molar-refractivity contribution in [1.29, 1.82) is 0 Å². The first kappa shape index (κ1) is 22.6. The lowest BCUT2D eigenvalue weighted by Crippen LogP contribution is -2.17. The Morgan fingerprint density at radius 2 is 1.87 bits per heavy atom. The zero-order valence-electron chi connectivity index (χ0n) is 16.5. The Kier molecular flexibility index (Phi) is 7.19. The van der Waals surface area contributed by atoms with Crippen molar-refractivity contribution in [1.82, 2.24) is 9.97 Å². The number of ether oxygens (including phenoxy) is 1. The first-order valence-corrected chi connectivity index (χ1v) is 9.75. The third kappa shape index (κ3) is 6.47. The van der Waals surface area contributed by atoms with Crippen LogP contribution in [0.2, 0.25) is 5.02 Å². The van der Waals surface area contributed by atoms with Crippen LogP contribution < -0.4 is 15.4 Å². The second-order valence-corrected chi connectivity index (χ2v) is 7.01. The molecule has 164 valence electrons. The van der Waals surface area contributed by atoms with Crippen LogP contribution in [-0.2, 0) is 0 Å². The third-order valence-electron chi connectivity index (χ3n) is 4.18. The van der Waals surface area contributed by atoms with Gasteiger partial charge in [0.05, 0.1) is 16.4 Å². The minimum absolute atomic E-state index is 0.00651. The maximum atomic E-state index is 12.6. The summed E-state index contributed by atoms with van der Waals surface area (Å²) in [6.07, 6.45) is -4.31. The minimum atomic E-state index is -4.80. The van der Waals surface area contributed by atoms with Gasteiger partial charge in [0.1, 0.15) is 11.6 Å². The molecule has 10 heteroatoms. The lowest BCUT2D eigenvalue weighted by molar-refractivity contribution is -0.274. The predicted molar refractivity (Wildman–Crippen MR) is 114 cm³/mol. The Morgan fingerprint density at radius 1 is 1.10 bits per heavy atom. The molecular weight excluding hydrogens is 433 g/mol. The molecule has 6 nitrogen and oxygen atoms in total. The van der Waals surface area contributed by atoms with E-state index >= 15 is 0 Å². The van der Waals surface area contributed by atoms with Crippen LogP contribution in [0, 0.1) is 6.92 Å². The molecule has 0 radical (unpaired) electrons. The lowest BCUT2D eigenvalue weighted by Gasteiger charge is -2.14. The predicted octanol–water partition coefficient (Wildman–Crippen LogP) is 5.54. The molecular formula is C21H20ClF3N4O2. The van der Waals surface area contributed by atoms with Crippen molar-refractivity contribution in [3.63, 3.8) is 0 Å². The minimum Gasteiger partial charge on any atom is -0.406 e. The van der Waals surface area contributed by atoms with Crippen LogP contribution in [0.4, 0.5) is 30.6 Å². The normalized spacial score (nSPS) is 11.3. The summed E-state index contributed by atoms with van der Waals surface area (Å²) in [5.74, 6) is 0.296. The zero-order chi connectivity index (χ0) is 22.4. The van der Waals surface area contributed by atoms with E-state index in [1.165, 1.54) is 18.2 Å². The highest BCUT2D eigenvalue weighted by molar-refractivity contribution is 6.33. The Balaban J connectivity index is 1.98. The van der Waals surface area contributed by atoms with E-state index in [9.17, 15) is 13.2 Å². The first-order valence-electron chi connectivity index (χ1n) is 9.37. The number of hydrogen-bond donors (Lipinski definition) is 3. The molecule has 3 rings (SSSR count). The number of rotatable bonds is 8. The molecule has 0 unspecified atom stereocenters. The van der Waals surface area contributed by atoms with E-state index < -0.39 is 6.36 Å². The van der Waals surface area contributed by atoms with Gasteiger partial charge in [-0.3, -0.25) is 0 Å². The number of aryl methyl sites for hydroxylation is 1. The summed E-state index contributed by atoms with van der Waals surface area (Å²) in [4.78, 5) is 8.79. The Morgan fingerprint density at radius 3 is 2.58 bits per heavy atom. The number of hydrogen-bond acceptors (Lipinski definition) is 6. The summed E-state index contributed by atoms with van der Waals surface area (Å²) < 4.78 is 41.8. The second kappa shape index (κ2) is 9.84. The summed E-state index contributed by atoms with van der Waals surface area (Å²) in [7, 11) is 0. The van der Waals surface area contributed by atoms with Gasteiger partial charge in [-0.25, -0.2) is 4.98 Å². The molecule has 0 aliphatic heterocycles. The fourth-order valence-electron chi connectivity index (χ4n) is 2.79. The molecule has 2 aromatic carbocycles. The maximum absolute atomic E-state index is 12.6. The molecule has 1 heterocycles. The number of benzene rings is 2. The Hall–Kier alpha value is -3.04. The SMILES string of the molecule is Cc1cccc(Cl)c1Nc1cc(-c2cccc(OC(F)(F)F)c2)nc(NCCCO)n1. The molecule has 0 saturated carbocycles. The molecule has 0 spiro atoms. The van der Waals surface area contributed by atoms with Crippen molar-refractivity contribution in [3.05, 3.63) is 59.1 Å². The van der Waals surface area contributed by atoms with E-state index in [0.717, 1.165) is 5.56 Å². The summed E-state index contributed by atoms with van der Waals surface area (Å²) in [6, 6.07) is 12.6. The number of halogens is 4. The molecule has 31 heavy (non-hydrogen) atoms. The smallest absolute Gasteiger partial charge is 0.406 e. The monoisotopic (exact) mass is 452 g/mol. The van der Waals surface area contributed by atoms with Crippen molar-refractivity contribution in [2.24, 2.45) is 0 Å². The largest absolute Gasteiger partial charge is 0.573 e. The van der Waals surface area contributed by atoms with Gasteiger partial charge in [0.2, 0.25) is 5.95 Å². The van der Waals surface area contributed by atoms with Crippen LogP contribution in [0.1, 0.15) is 12.0 Å². The number of aliphatic hydroxyl groups is 1. The second-order valence-electron chi connectivity index (χ2n) is 6.60. The quantitative estimate of drug-likeness (QED) is 0.389. The molecule has 0 atom stereocenters. The highest BCUT2D eigenvalue weighted by atomic mass is 35.5. The molecule has 3 aromatic rings. The van der Waals surface area contributed by atoms with Gasteiger partial charge in [0.25, 0.3) is 0 Å². The van der Waals surface area contributed by atoms with Gasteiger partial charge in [-0.15, -0.1) is 13.2 Å². The summed E-state index contributed by atoms with van der Waals surface area (Å²) in [6.45, 7) is 2.30. The number of anilines is 3. The van der Waals surface area contributed by atoms with Crippen LogP contribution in [0.5, 0.6) is 5.75 Å². The van der Waals surface area contributed by atoms with E-state index in [1.54, 1.807) is 18.2 Å². The molecule has 1 aromatic heterocycles. The van der Waals surface area contributed by atoms with Crippen LogP contribution in [-0.4, -0.2) is 34.6 Å². The van der Waals surface area contributed by atoms with Gasteiger partial charge in [0.15, 0.2) is 0 Å². The average Bonchev–Trinajstić information content (AvgIpc) is 2.70. The molecule has 0 aliphatic carbocycles. The lowest BCUT2D eigenvalue weighted by atomic mass is 10.1. The summed E-state index contributed by atoms with van der Waals surface area (Å²) in [5.41, 5.74) is 2.34. The number of nitrogens with one attached hydrogen (secondary N) is 2. The third-order valence-corrected chi connectivity index (χ3v) is 4.50. The van der Waals surface area contributed by atoms with E-state index in [2.05, 4.69) is 25.3 Å². The molecule has 0 saturated heterocycles. The molecule has 0 amide bonds. The topological polar surface area (TPSA) is 79.3 Å². The van der Waals surface area contributed by atoms with E-state index in [4.69, 9.17) is 16.7 Å². The van der Waals surface area contributed by atoms with Crippen LogP contribution in [0.15, 0.2) is 48.5 Å². The number of alkyl halides is 3. The number of aliphatic hydroxyl groups excluding tert-OH is 1. The van der Waals surface area contributed by atoms with Crippen molar-refractivity contribution in [2.45, 2.75) is 19.7 Å². The fraction of sp³-hybridized carbons (Fsp3) is 0.238. The van der Waals surface area contributed by atoms with Gasteiger partial charge in [-0.1, -0.05) is 35.9 Å². The number of nitrogens with zero attached hydrogens (tertiary/aromatic N) is 2. The van der Waals surface area contributed by atoms with Gasteiger partial charge in [-0.2, -0.15) is 4.98 Å². The van der Waals surface area contributed by atoms with Gasteiger partial charge < -0.3 is 20.5 Å². The van der Waals surface area contributed by atoms with Crippen LogP contribution in [0.3, 0.4) is 0 Å². The number of para-hydroxylation sites is 1. The molecule has 0 bridgehead atoms. The van der Waals surface area contributed by atoms with E-state index in [1.807, 2.05) is 19.1 Å². The van der Waals surface area contributed by atoms with Crippen molar-refractivity contribution < 1.29 is 23.0 Å². The van der Waals surface area contributed by atoms with Crippen molar-refractivity contribution >= 4 is 29.1 Å². The van der Waals surface area contributed by atoms with Gasteiger partial charge >= 0.3 is 6.36 Å². The Labute approximate surface area is 182 Å². The molecule has 0 aliphatic rings. The highest BCUT2D eigenvalue weighted by Crippen LogP contribution is 2.31. The van der Waals surface area contributed by atoms with Gasteiger partial charge in [0, 0.05) is 24.8 Å². The van der Waals surface area contributed by atoms with E-state index in [0.29, 0.717) is 40.8 Å². The highest BCUT2D eigenvalue weighted by Gasteiger charge is 2.31. The maximum Gasteiger partial charge on any atom is 0.573 e. The Bertz CT molecular complexity index is 1030. The van der Waals surface area contributed by atoms with Crippen molar-refractivity contribution in [2.75, 3.05) is 23.8 Å². The number of aromatic nitrogens is 2. The van der Waals surface area contributed by atoms with Crippen LogP contribution in [0.25, 0.3) is 11.3 Å².